The van der Waals surface area contributed by atoms with Gasteiger partial charge >= 0.3 is 0 Å². The Labute approximate surface area is 133 Å². The van der Waals surface area contributed by atoms with Crippen molar-refractivity contribution in [3.63, 3.8) is 0 Å². The minimum atomic E-state index is 0.0157. The van der Waals surface area contributed by atoms with Gasteiger partial charge in [-0.2, -0.15) is 0 Å². The molecule has 4 nitrogen and oxygen atoms in total. The van der Waals surface area contributed by atoms with E-state index in [2.05, 4.69) is 36.1 Å². The van der Waals surface area contributed by atoms with E-state index in [1.54, 1.807) is 0 Å². The smallest absolute Gasteiger partial charge is 0.157 e. The lowest BCUT2D eigenvalue weighted by molar-refractivity contribution is -0.166. The van der Waals surface area contributed by atoms with Gasteiger partial charge in [0.2, 0.25) is 0 Å². The summed E-state index contributed by atoms with van der Waals surface area (Å²) in [5.41, 5.74) is 2.62. The summed E-state index contributed by atoms with van der Waals surface area (Å²) in [5.74, 6) is 0. The van der Waals surface area contributed by atoms with Gasteiger partial charge < -0.3 is 14.2 Å². The van der Waals surface area contributed by atoms with Crippen LogP contribution in [0.4, 0.5) is 0 Å². The Morgan fingerprint density at radius 3 is 2.91 bits per heavy atom. The molecule has 0 aromatic heterocycles. The van der Waals surface area contributed by atoms with Crippen molar-refractivity contribution in [3.05, 3.63) is 35.4 Å². The fourth-order valence-electron chi connectivity index (χ4n) is 3.20. The Balaban J connectivity index is 1.45. The van der Waals surface area contributed by atoms with Gasteiger partial charge in [-0.1, -0.05) is 24.3 Å². The number of benzene rings is 1. The van der Waals surface area contributed by atoms with Crippen LogP contribution in [-0.4, -0.2) is 50.6 Å². The van der Waals surface area contributed by atoms with Crippen LogP contribution in [0.3, 0.4) is 0 Å². The van der Waals surface area contributed by atoms with Gasteiger partial charge in [-0.25, -0.2) is 0 Å². The van der Waals surface area contributed by atoms with Crippen molar-refractivity contribution >= 4 is 0 Å². The highest BCUT2D eigenvalue weighted by Gasteiger charge is 2.23. The number of nitrogens with zero attached hydrogens (tertiary/aromatic N) is 1. The van der Waals surface area contributed by atoms with E-state index >= 15 is 0 Å². The molecule has 2 atom stereocenters. The van der Waals surface area contributed by atoms with Gasteiger partial charge in [0, 0.05) is 26.2 Å². The van der Waals surface area contributed by atoms with E-state index in [4.69, 9.17) is 14.2 Å². The lowest BCUT2D eigenvalue weighted by Gasteiger charge is -2.34. The average molecular weight is 305 g/mol. The normalized spacial score (nSPS) is 27.0. The fourth-order valence-corrected chi connectivity index (χ4v) is 3.20. The third-order valence-electron chi connectivity index (χ3n) is 4.54. The predicted octanol–water partition coefficient (Wildman–Crippen LogP) is 2.91. The van der Waals surface area contributed by atoms with E-state index in [9.17, 15) is 0 Å². The first-order valence-corrected chi connectivity index (χ1v) is 8.45. The lowest BCUT2D eigenvalue weighted by Crippen LogP contribution is -2.40. The molecule has 1 aromatic rings. The summed E-state index contributed by atoms with van der Waals surface area (Å²) in [4.78, 5) is 2.43. The van der Waals surface area contributed by atoms with Crippen LogP contribution in [0.25, 0.3) is 0 Å². The first-order chi connectivity index (χ1) is 10.8. The Morgan fingerprint density at radius 2 is 2.09 bits per heavy atom. The average Bonchev–Trinajstić information content (AvgIpc) is 2.57. The molecule has 0 N–H and O–H groups in total. The molecule has 22 heavy (non-hydrogen) atoms. The second kappa shape index (κ2) is 8.06. The number of rotatable bonds is 5. The first-order valence-electron chi connectivity index (χ1n) is 8.45. The number of hydrogen-bond acceptors (Lipinski definition) is 4. The summed E-state index contributed by atoms with van der Waals surface area (Å²) in [7, 11) is 0. The summed E-state index contributed by atoms with van der Waals surface area (Å²) in [6.45, 7) is 7.41. The van der Waals surface area contributed by atoms with E-state index in [-0.39, 0.29) is 12.4 Å². The van der Waals surface area contributed by atoms with Crippen LogP contribution in [0, 0.1) is 6.92 Å². The molecule has 0 aliphatic carbocycles. The molecule has 2 aliphatic rings. The van der Waals surface area contributed by atoms with Crippen molar-refractivity contribution in [2.24, 2.45) is 0 Å². The van der Waals surface area contributed by atoms with Gasteiger partial charge in [0.05, 0.1) is 19.3 Å². The molecule has 0 bridgehead atoms. The van der Waals surface area contributed by atoms with Crippen molar-refractivity contribution in [2.75, 3.05) is 39.5 Å². The maximum atomic E-state index is 5.96. The Kier molecular flexibility index (Phi) is 5.84. The number of aryl methyl sites for hydroxylation is 1. The number of morpholine rings is 1. The van der Waals surface area contributed by atoms with Crippen molar-refractivity contribution in [1.29, 1.82) is 0 Å². The molecule has 2 saturated heterocycles. The van der Waals surface area contributed by atoms with Crippen molar-refractivity contribution < 1.29 is 14.2 Å². The predicted molar refractivity (Wildman–Crippen MR) is 85.9 cm³/mol. The van der Waals surface area contributed by atoms with Crippen LogP contribution < -0.4 is 0 Å². The molecule has 4 heteroatoms. The largest absolute Gasteiger partial charge is 0.371 e. The third kappa shape index (κ3) is 4.29. The van der Waals surface area contributed by atoms with Crippen LogP contribution in [0.5, 0.6) is 0 Å². The highest BCUT2D eigenvalue weighted by molar-refractivity contribution is 5.28. The summed E-state index contributed by atoms with van der Waals surface area (Å²) in [5, 5.41) is 0. The molecule has 0 saturated carbocycles. The van der Waals surface area contributed by atoms with E-state index < -0.39 is 0 Å². The van der Waals surface area contributed by atoms with Gasteiger partial charge in [0.15, 0.2) is 6.29 Å². The topological polar surface area (TPSA) is 30.9 Å². The molecule has 0 spiro atoms. The summed E-state index contributed by atoms with van der Waals surface area (Å²) >= 11 is 0. The Bertz CT molecular complexity index is 459. The van der Waals surface area contributed by atoms with Crippen LogP contribution in [0.15, 0.2) is 24.3 Å². The molecule has 0 unspecified atom stereocenters. The Morgan fingerprint density at radius 1 is 1.18 bits per heavy atom. The zero-order valence-corrected chi connectivity index (χ0v) is 13.5. The molecule has 122 valence electrons. The standard InChI is InChI=1S/C18H27NO3/c1-15-6-2-3-7-16(15)17-14-19(9-12-20-17)10-13-22-18-8-4-5-11-21-18/h2-3,6-7,17-18H,4-5,8-14H2,1H3/t17-,18-/m0/s1. The number of hydrogen-bond donors (Lipinski definition) is 0. The summed E-state index contributed by atoms with van der Waals surface area (Å²) in [6, 6.07) is 8.50. The highest BCUT2D eigenvalue weighted by Crippen LogP contribution is 2.24. The molecular formula is C18H27NO3. The van der Waals surface area contributed by atoms with Gasteiger partial charge in [0.25, 0.3) is 0 Å². The molecule has 0 radical (unpaired) electrons. The molecule has 2 fully saturated rings. The van der Waals surface area contributed by atoms with Crippen molar-refractivity contribution in [2.45, 2.75) is 38.6 Å². The molecular weight excluding hydrogens is 278 g/mol. The molecule has 1 aromatic carbocycles. The molecule has 3 rings (SSSR count). The van der Waals surface area contributed by atoms with Crippen LogP contribution in [0.2, 0.25) is 0 Å². The van der Waals surface area contributed by atoms with E-state index in [0.29, 0.717) is 0 Å². The second-order valence-electron chi connectivity index (χ2n) is 6.18. The lowest BCUT2D eigenvalue weighted by atomic mass is 10.0. The second-order valence-corrected chi connectivity index (χ2v) is 6.18. The summed E-state index contributed by atoms with van der Waals surface area (Å²) in [6.07, 6.45) is 3.62. The van der Waals surface area contributed by atoms with Crippen molar-refractivity contribution in [3.8, 4) is 0 Å². The summed E-state index contributed by atoms with van der Waals surface area (Å²) < 4.78 is 17.4. The van der Waals surface area contributed by atoms with Gasteiger partial charge in [-0.3, -0.25) is 4.90 Å². The van der Waals surface area contributed by atoms with E-state index in [0.717, 1.165) is 45.9 Å². The number of ether oxygens (including phenoxy) is 3. The maximum Gasteiger partial charge on any atom is 0.157 e. The van der Waals surface area contributed by atoms with Crippen LogP contribution in [0.1, 0.15) is 36.5 Å². The molecule has 2 aliphatic heterocycles. The van der Waals surface area contributed by atoms with Gasteiger partial charge in [-0.15, -0.1) is 0 Å². The molecule has 2 heterocycles. The fraction of sp³-hybridized carbons (Fsp3) is 0.667. The Hall–Kier alpha value is -0.940. The third-order valence-corrected chi connectivity index (χ3v) is 4.54. The van der Waals surface area contributed by atoms with E-state index in [1.165, 1.54) is 24.0 Å². The first kappa shape index (κ1) is 15.9. The monoisotopic (exact) mass is 305 g/mol. The zero-order chi connectivity index (χ0) is 15.2. The van der Waals surface area contributed by atoms with Gasteiger partial charge in [-0.05, 0) is 37.3 Å². The van der Waals surface area contributed by atoms with Crippen molar-refractivity contribution in [1.82, 2.24) is 4.90 Å². The van der Waals surface area contributed by atoms with Crippen LogP contribution >= 0.6 is 0 Å². The van der Waals surface area contributed by atoms with Crippen LogP contribution in [-0.2, 0) is 14.2 Å². The van der Waals surface area contributed by atoms with E-state index in [1.807, 2.05) is 0 Å². The highest BCUT2D eigenvalue weighted by atomic mass is 16.7. The molecule has 0 amide bonds. The zero-order valence-electron chi connectivity index (χ0n) is 13.5. The minimum absolute atomic E-state index is 0.0157. The SMILES string of the molecule is Cc1ccccc1[C@@H]1CN(CCO[C@H]2CCCCO2)CCO1. The minimum Gasteiger partial charge on any atom is -0.371 e. The maximum absolute atomic E-state index is 5.96. The quantitative estimate of drug-likeness (QED) is 0.837. The van der Waals surface area contributed by atoms with Gasteiger partial charge in [0.1, 0.15) is 0 Å².